The van der Waals surface area contributed by atoms with E-state index in [9.17, 15) is 0 Å². The van der Waals surface area contributed by atoms with Gasteiger partial charge in [-0.3, -0.25) is 0 Å². The monoisotopic (exact) mass is 351 g/mol. The lowest BCUT2D eigenvalue weighted by Gasteiger charge is -2.15. The first-order valence-corrected chi connectivity index (χ1v) is 7.19. The van der Waals surface area contributed by atoms with E-state index in [0.29, 0.717) is 11.5 Å². The van der Waals surface area contributed by atoms with Gasteiger partial charge < -0.3 is 10.3 Å². The number of imidazole rings is 1. The van der Waals surface area contributed by atoms with Gasteiger partial charge in [-0.15, -0.1) is 0 Å². The maximum absolute atomic E-state index is 5.91. The number of fused-ring (bicyclic) bond motifs is 1. The normalized spacial score (nSPS) is 12.6. The van der Waals surface area contributed by atoms with Crippen molar-refractivity contribution >= 4 is 44.5 Å². The van der Waals surface area contributed by atoms with E-state index in [1.807, 2.05) is 12.1 Å². The van der Waals surface area contributed by atoms with Crippen molar-refractivity contribution < 1.29 is 0 Å². The predicted octanol–water partition coefficient (Wildman–Crippen LogP) is 3.94. The van der Waals surface area contributed by atoms with Crippen molar-refractivity contribution in [2.75, 3.05) is 5.32 Å². The van der Waals surface area contributed by atoms with Gasteiger partial charge in [-0.25, -0.2) is 4.98 Å². The van der Waals surface area contributed by atoms with Crippen LogP contribution in [0.4, 0.5) is 5.82 Å². The molecule has 2 N–H and O–H groups in total. The summed E-state index contributed by atoms with van der Waals surface area (Å²) in [7, 11) is 0. The lowest BCUT2D eigenvalue weighted by molar-refractivity contribution is 0.874. The molecular formula is C13H11BrClN5. The molecule has 2 aromatic heterocycles. The predicted molar refractivity (Wildman–Crippen MR) is 82.9 cm³/mol. The van der Waals surface area contributed by atoms with E-state index >= 15 is 0 Å². The van der Waals surface area contributed by atoms with Gasteiger partial charge in [-0.1, -0.05) is 28.1 Å². The molecule has 2 heterocycles. The second kappa shape index (κ2) is 5.38. The average molecular weight is 353 g/mol. The van der Waals surface area contributed by atoms with Gasteiger partial charge in [0.15, 0.2) is 11.5 Å². The molecule has 0 saturated carbocycles. The molecule has 3 rings (SSSR count). The first-order chi connectivity index (χ1) is 9.63. The zero-order valence-corrected chi connectivity index (χ0v) is 12.9. The van der Waals surface area contributed by atoms with Crippen LogP contribution in [0.25, 0.3) is 11.2 Å². The van der Waals surface area contributed by atoms with E-state index in [-0.39, 0.29) is 11.3 Å². The Morgan fingerprint density at radius 3 is 3.00 bits per heavy atom. The third-order valence-electron chi connectivity index (χ3n) is 2.96. The highest BCUT2D eigenvalue weighted by atomic mass is 79.9. The van der Waals surface area contributed by atoms with Crippen molar-refractivity contribution in [3.8, 4) is 0 Å². The van der Waals surface area contributed by atoms with E-state index in [1.54, 1.807) is 6.33 Å². The Bertz CT molecular complexity index is 757. The topological polar surface area (TPSA) is 66.5 Å². The molecule has 5 nitrogen and oxygen atoms in total. The molecule has 0 radical (unpaired) electrons. The number of hydrogen-bond donors (Lipinski definition) is 2. The molecule has 0 aliphatic rings. The second-order valence-electron chi connectivity index (χ2n) is 4.36. The van der Waals surface area contributed by atoms with Crippen molar-refractivity contribution in [1.82, 2.24) is 19.9 Å². The minimum absolute atomic E-state index is 0.0740. The first-order valence-electron chi connectivity index (χ1n) is 6.02. The van der Waals surface area contributed by atoms with Gasteiger partial charge in [0.25, 0.3) is 0 Å². The van der Waals surface area contributed by atoms with E-state index in [0.717, 1.165) is 15.6 Å². The standard InChI is InChI=1S/C13H11BrClN5/c1-7(8-3-2-4-9(14)5-8)18-12-10-11(17-6-16-10)19-13(15)20-12/h2-7H,1H3,(H2,16,17,18,19,20). The Morgan fingerprint density at radius 2 is 2.20 bits per heavy atom. The van der Waals surface area contributed by atoms with Gasteiger partial charge in [-0.05, 0) is 36.2 Å². The molecule has 20 heavy (non-hydrogen) atoms. The van der Waals surface area contributed by atoms with Crippen molar-refractivity contribution in [3.05, 3.63) is 45.9 Å². The fourth-order valence-electron chi connectivity index (χ4n) is 1.98. The molecule has 0 fully saturated rings. The van der Waals surface area contributed by atoms with E-state index in [4.69, 9.17) is 11.6 Å². The highest BCUT2D eigenvalue weighted by Gasteiger charge is 2.12. The van der Waals surface area contributed by atoms with Crippen LogP contribution in [-0.2, 0) is 0 Å². The Kier molecular flexibility index (Phi) is 3.58. The van der Waals surface area contributed by atoms with Crippen molar-refractivity contribution in [2.45, 2.75) is 13.0 Å². The summed E-state index contributed by atoms with van der Waals surface area (Å²) in [4.78, 5) is 15.4. The smallest absolute Gasteiger partial charge is 0.226 e. The molecule has 7 heteroatoms. The molecule has 0 bridgehead atoms. The Balaban J connectivity index is 1.94. The fraction of sp³-hybridized carbons (Fsp3) is 0.154. The highest BCUT2D eigenvalue weighted by molar-refractivity contribution is 9.10. The summed E-state index contributed by atoms with van der Waals surface area (Å²) < 4.78 is 1.04. The van der Waals surface area contributed by atoms with Crippen LogP contribution < -0.4 is 5.32 Å². The number of aromatic nitrogens is 4. The van der Waals surface area contributed by atoms with Crippen LogP contribution in [0.2, 0.25) is 5.28 Å². The molecule has 1 atom stereocenters. The minimum atomic E-state index is 0.0740. The highest BCUT2D eigenvalue weighted by Crippen LogP contribution is 2.25. The van der Waals surface area contributed by atoms with Crippen molar-refractivity contribution in [2.24, 2.45) is 0 Å². The SMILES string of the molecule is CC(Nc1nc(Cl)nc2nc[nH]c12)c1cccc(Br)c1. The number of hydrogen-bond acceptors (Lipinski definition) is 4. The number of halogens is 2. The van der Waals surface area contributed by atoms with Gasteiger partial charge in [0.2, 0.25) is 5.28 Å². The van der Waals surface area contributed by atoms with E-state index in [1.165, 1.54) is 0 Å². The molecule has 1 unspecified atom stereocenters. The minimum Gasteiger partial charge on any atom is -0.362 e. The van der Waals surface area contributed by atoms with Crippen molar-refractivity contribution in [3.63, 3.8) is 0 Å². The summed E-state index contributed by atoms with van der Waals surface area (Å²) >= 11 is 9.38. The molecule has 1 aromatic carbocycles. The van der Waals surface area contributed by atoms with Crippen LogP contribution in [0, 0.1) is 0 Å². The Hall–Kier alpha value is -1.66. The first kappa shape index (κ1) is 13.3. The molecule has 0 saturated heterocycles. The van der Waals surface area contributed by atoms with Crippen LogP contribution in [0.1, 0.15) is 18.5 Å². The van der Waals surface area contributed by atoms with E-state index < -0.39 is 0 Å². The van der Waals surface area contributed by atoms with Gasteiger partial charge in [0.1, 0.15) is 5.52 Å². The molecule has 0 aliphatic heterocycles. The molecule has 0 spiro atoms. The number of aromatic amines is 1. The average Bonchev–Trinajstić information content (AvgIpc) is 2.86. The van der Waals surface area contributed by atoms with Crippen LogP contribution in [0.15, 0.2) is 35.1 Å². The molecule has 3 aromatic rings. The number of benzene rings is 1. The zero-order chi connectivity index (χ0) is 14.1. The number of nitrogens with zero attached hydrogens (tertiary/aromatic N) is 3. The molecule has 0 aliphatic carbocycles. The summed E-state index contributed by atoms with van der Waals surface area (Å²) in [5.74, 6) is 0.643. The summed E-state index contributed by atoms with van der Waals surface area (Å²) in [5, 5.41) is 3.50. The quantitative estimate of drug-likeness (QED) is 0.701. The molecule has 102 valence electrons. The van der Waals surface area contributed by atoms with Gasteiger partial charge in [-0.2, -0.15) is 9.97 Å². The summed E-state index contributed by atoms with van der Waals surface area (Å²) in [6, 6.07) is 8.17. The molecule has 0 amide bonds. The van der Waals surface area contributed by atoms with Gasteiger partial charge in [0, 0.05) is 4.47 Å². The Labute approximate surface area is 128 Å². The van der Waals surface area contributed by atoms with Gasteiger partial charge in [0.05, 0.1) is 12.4 Å². The van der Waals surface area contributed by atoms with Crippen LogP contribution in [0.3, 0.4) is 0 Å². The lowest BCUT2D eigenvalue weighted by Crippen LogP contribution is -2.09. The summed E-state index contributed by atoms with van der Waals surface area (Å²) in [6.45, 7) is 2.06. The van der Waals surface area contributed by atoms with Crippen LogP contribution in [-0.4, -0.2) is 19.9 Å². The summed E-state index contributed by atoms with van der Waals surface area (Å²) in [6.07, 6.45) is 1.57. The lowest BCUT2D eigenvalue weighted by atomic mass is 10.1. The maximum Gasteiger partial charge on any atom is 0.226 e. The van der Waals surface area contributed by atoms with Crippen LogP contribution in [0.5, 0.6) is 0 Å². The summed E-state index contributed by atoms with van der Waals surface area (Å²) in [5.41, 5.74) is 2.44. The number of anilines is 1. The Morgan fingerprint density at radius 1 is 1.35 bits per heavy atom. The number of rotatable bonds is 3. The molecular weight excluding hydrogens is 342 g/mol. The third-order valence-corrected chi connectivity index (χ3v) is 3.62. The third kappa shape index (κ3) is 2.62. The largest absolute Gasteiger partial charge is 0.362 e. The van der Waals surface area contributed by atoms with Crippen molar-refractivity contribution in [1.29, 1.82) is 0 Å². The van der Waals surface area contributed by atoms with Gasteiger partial charge >= 0.3 is 0 Å². The number of nitrogens with one attached hydrogen (secondary N) is 2. The zero-order valence-electron chi connectivity index (χ0n) is 10.6. The number of H-pyrrole nitrogens is 1. The fourth-order valence-corrected chi connectivity index (χ4v) is 2.56. The second-order valence-corrected chi connectivity index (χ2v) is 5.62. The maximum atomic E-state index is 5.91. The van der Waals surface area contributed by atoms with E-state index in [2.05, 4.69) is 60.2 Å². The van der Waals surface area contributed by atoms with Crippen LogP contribution >= 0.6 is 27.5 Å².